The molecule has 1 aromatic rings. The Kier molecular flexibility index (Phi) is 7.19. The Hall–Kier alpha value is -3.65. The first kappa shape index (κ1) is 29.4. The Balaban J connectivity index is 1.28. The highest BCUT2D eigenvalue weighted by atomic mass is 16.5. The van der Waals surface area contributed by atoms with Crippen molar-refractivity contribution in [3.05, 3.63) is 29.8 Å². The van der Waals surface area contributed by atoms with E-state index in [9.17, 15) is 24.4 Å². The van der Waals surface area contributed by atoms with Crippen LogP contribution < -0.4 is 10.6 Å². The van der Waals surface area contributed by atoms with E-state index >= 15 is 0 Å². The molecule has 1 spiro atoms. The Morgan fingerprint density at radius 1 is 1.19 bits per heavy atom. The van der Waals surface area contributed by atoms with Crippen LogP contribution in [0.25, 0.3) is 0 Å². The van der Waals surface area contributed by atoms with E-state index in [2.05, 4.69) is 16.7 Å². The van der Waals surface area contributed by atoms with Crippen LogP contribution in [-0.2, 0) is 24.5 Å². The summed E-state index contributed by atoms with van der Waals surface area (Å²) in [6.07, 6.45) is 3.17. The summed E-state index contributed by atoms with van der Waals surface area (Å²) in [6, 6.07) is 7.73. The van der Waals surface area contributed by atoms with Crippen molar-refractivity contribution < 1.29 is 23.9 Å². The van der Waals surface area contributed by atoms with E-state index < -0.39 is 23.0 Å². The van der Waals surface area contributed by atoms with Gasteiger partial charge in [0.05, 0.1) is 24.7 Å². The summed E-state index contributed by atoms with van der Waals surface area (Å²) in [5, 5.41) is 16.2. The first-order valence-corrected chi connectivity index (χ1v) is 15.4. The Labute approximate surface area is 252 Å². The highest BCUT2D eigenvalue weighted by Crippen LogP contribution is 2.58. The number of nitrogens with one attached hydrogen (secondary N) is 2. The first-order valence-electron chi connectivity index (χ1n) is 15.4. The molecule has 1 aromatic carbocycles. The van der Waals surface area contributed by atoms with Crippen molar-refractivity contribution in [3.8, 4) is 6.07 Å². The predicted molar refractivity (Wildman–Crippen MR) is 158 cm³/mol. The van der Waals surface area contributed by atoms with Crippen molar-refractivity contribution in [1.82, 2.24) is 20.0 Å². The van der Waals surface area contributed by atoms with Gasteiger partial charge in [-0.1, -0.05) is 39.0 Å². The van der Waals surface area contributed by atoms with Crippen molar-refractivity contribution in [2.45, 2.75) is 75.9 Å². The highest BCUT2D eigenvalue weighted by molar-refractivity contribution is 6.07. The van der Waals surface area contributed by atoms with Crippen LogP contribution in [0.2, 0.25) is 0 Å². The number of amides is 5. The molecular formula is C32H42N6O5. The van der Waals surface area contributed by atoms with Gasteiger partial charge >= 0.3 is 6.03 Å². The normalized spacial score (nSPS) is 30.3. The lowest BCUT2D eigenvalue weighted by Crippen LogP contribution is -2.60. The van der Waals surface area contributed by atoms with Crippen molar-refractivity contribution in [1.29, 1.82) is 5.26 Å². The summed E-state index contributed by atoms with van der Waals surface area (Å²) in [5.41, 5.74) is -0.887. The molecule has 11 nitrogen and oxygen atoms in total. The van der Waals surface area contributed by atoms with E-state index in [4.69, 9.17) is 4.74 Å². The molecule has 5 aliphatic rings. The monoisotopic (exact) mass is 590 g/mol. The first-order chi connectivity index (χ1) is 20.4. The number of carbonyl (C=O) groups excluding carboxylic acids is 4. The van der Waals surface area contributed by atoms with Crippen molar-refractivity contribution in [3.63, 3.8) is 0 Å². The fourth-order valence-corrected chi connectivity index (χ4v) is 7.44. The molecule has 4 fully saturated rings. The second kappa shape index (κ2) is 10.5. The number of hydrogen-bond donors (Lipinski definition) is 2. The van der Waals surface area contributed by atoms with Gasteiger partial charge in [0.15, 0.2) is 0 Å². The maximum Gasteiger partial charge on any atom is 0.318 e. The Morgan fingerprint density at radius 2 is 1.88 bits per heavy atom. The van der Waals surface area contributed by atoms with Gasteiger partial charge in [0, 0.05) is 38.8 Å². The average molecular weight is 591 g/mol. The number of nitriles is 1. The number of likely N-dealkylation sites (tertiary alicyclic amines) is 1. The van der Waals surface area contributed by atoms with Crippen LogP contribution in [0.5, 0.6) is 0 Å². The van der Waals surface area contributed by atoms with E-state index in [1.807, 2.05) is 45.0 Å². The van der Waals surface area contributed by atoms with E-state index in [-0.39, 0.29) is 48.1 Å². The molecule has 0 bridgehead atoms. The third-order valence-electron chi connectivity index (χ3n) is 10.0. The largest absolute Gasteiger partial charge is 0.378 e. The topological polar surface area (TPSA) is 135 Å². The number of morpholine rings is 1. The maximum absolute atomic E-state index is 14.5. The lowest BCUT2D eigenvalue weighted by atomic mass is 9.80. The molecule has 43 heavy (non-hydrogen) atoms. The molecule has 3 heterocycles. The molecule has 11 heteroatoms. The molecule has 2 N–H and O–H groups in total. The number of anilines is 1. The van der Waals surface area contributed by atoms with Crippen LogP contribution in [-0.4, -0.2) is 96.0 Å². The average Bonchev–Trinajstić information content (AvgIpc) is 3.90. The van der Waals surface area contributed by atoms with Crippen LogP contribution in [0.15, 0.2) is 24.3 Å². The van der Waals surface area contributed by atoms with Crippen LogP contribution in [0.4, 0.5) is 10.5 Å². The zero-order valence-corrected chi connectivity index (χ0v) is 25.5. The van der Waals surface area contributed by atoms with Crippen LogP contribution in [0, 0.1) is 28.6 Å². The van der Waals surface area contributed by atoms with Crippen molar-refractivity contribution in [2.75, 3.05) is 45.2 Å². The minimum absolute atomic E-state index is 0.0402. The summed E-state index contributed by atoms with van der Waals surface area (Å²) >= 11 is 0. The number of carbonyl (C=O) groups is 4. The number of para-hydroxylation sites is 1. The lowest BCUT2D eigenvalue weighted by molar-refractivity contribution is -0.147. The summed E-state index contributed by atoms with van der Waals surface area (Å²) in [7, 11) is 1.65. The highest BCUT2D eigenvalue weighted by Gasteiger charge is 2.67. The third-order valence-corrected chi connectivity index (χ3v) is 10.0. The van der Waals surface area contributed by atoms with Gasteiger partial charge in [-0.2, -0.15) is 5.26 Å². The standard InChI is InChI=1S/C32H42N6O5/c1-30(2,3)17-25(26(39)38-19-31(15-21(38)18-33)22-7-5-6-8-24(22)34-27(31)40)36(4)28(41)32(16-23(32)20-9-10-20)35-29(42)37-11-13-43-14-12-37/h5-8,20-21,23,25H,9-17,19H2,1-4H3,(H,34,40)(H,35,42)/t21-,23?,25-,31-,32?/m0/s1. The smallest absolute Gasteiger partial charge is 0.318 e. The van der Waals surface area contributed by atoms with Gasteiger partial charge in [0.1, 0.15) is 17.6 Å². The summed E-state index contributed by atoms with van der Waals surface area (Å²) in [4.78, 5) is 60.2. The van der Waals surface area contributed by atoms with Gasteiger partial charge in [-0.3, -0.25) is 14.4 Å². The second-order valence-corrected chi connectivity index (χ2v) is 14.2. The maximum atomic E-state index is 14.5. The summed E-state index contributed by atoms with van der Waals surface area (Å²) < 4.78 is 5.40. The minimum Gasteiger partial charge on any atom is -0.378 e. The molecule has 0 radical (unpaired) electrons. The van der Waals surface area contributed by atoms with E-state index in [1.54, 1.807) is 11.9 Å². The molecule has 2 saturated heterocycles. The number of likely N-dealkylation sites (N-methyl/N-ethyl adjacent to an activating group) is 1. The van der Waals surface area contributed by atoms with Crippen molar-refractivity contribution in [2.24, 2.45) is 17.3 Å². The SMILES string of the molecule is CN(C(=O)C1(NC(=O)N2CCOCC2)CC1C1CC1)[C@@H](CC(C)(C)C)C(=O)N1C[C@]2(C[C@H]1C#N)C(=O)Nc1ccccc12. The number of benzene rings is 1. The third kappa shape index (κ3) is 5.13. The fraction of sp³-hybridized carbons (Fsp3) is 0.656. The molecule has 2 saturated carbocycles. The summed E-state index contributed by atoms with van der Waals surface area (Å²) in [5.74, 6) is -0.388. The van der Waals surface area contributed by atoms with E-state index in [0.29, 0.717) is 50.8 Å². The van der Waals surface area contributed by atoms with Gasteiger partial charge in [-0.15, -0.1) is 0 Å². The number of rotatable bonds is 6. The molecular weight excluding hydrogens is 548 g/mol. The zero-order valence-electron chi connectivity index (χ0n) is 25.5. The van der Waals surface area contributed by atoms with Crippen LogP contribution in [0.3, 0.4) is 0 Å². The Morgan fingerprint density at radius 3 is 2.53 bits per heavy atom. The second-order valence-electron chi connectivity index (χ2n) is 14.2. The molecule has 2 unspecified atom stereocenters. The lowest BCUT2D eigenvalue weighted by Gasteiger charge is -2.38. The van der Waals surface area contributed by atoms with Gasteiger partial charge in [0.2, 0.25) is 17.7 Å². The number of urea groups is 1. The van der Waals surface area contributed by atoms with Crippen molar-refractivity contribution >= 4 is 29.4 Å². The minimum atomic E-state index is -1.05. The van der Waals surface area contributed by atoms with Gasteiger partial charge in [0.25, 0.3) is 0 Å². The summed E-state index contributed by atoms with van der Waals surface area (Å²) in [6.45, 7) is 7.96. The molecule has 2 aliphatic carbocycles. The number of hydrogen-bond acceptors (Lipinski definition) is 6. The molecule has 0 aromatic heterocycles. The van der Waals surface area contributed by atoms with E-state index in [0.717, 1.165) is 18.4 Å². The van der Waals surface area contributed by atoms with E-state index in [1.165, 1.54) is 9.80 Å². The molecule has 5 amide bonds. The van der Waals surface area contributed by atoms with Crippen LogP contribution >= 0.6 is 0 Å². The van der Waals surface area contributed by atoms with Gasteiger partial charge in [-0.25, -0.2) is 4.79 Å². The molecule has 3 aliphatic heterocycles. The molecule has 230 valence electrons. The molecule has 5 atom stereocenters. The predicted octanol–water partition coefficient (Wildman–Crippen LogP) is 2.47. The number of nitrogens with zero attached hydrogens (tertiary/aromatic N) is 4. The zero-order chi connectivity index (χ0) is 30.7. The van der Waals surface area contributed by atoms with Gasteiger partial charge < -0.3 is 30.1 Å². The van der Waals surface area contributed by atoms with Gasteiger partial charge in [-0.05, 0) is 54.6 Å². The van der Waals surface area contributed by atoms with Crippen LogP contribution in [0.1, 0.15) is 58.4 Å². The number of fused-ring (bicyclic) bond motifs is 2. The Bertz CT molecular complexity index is 1370. The molecule has 6 rings (SSSR count). The quantitative estimate of drug-likeness (QED) is 0.523. The number of ether oxygens (including phenoxy) is 1. The fourth-order valence-electron chi connectivity index (χ4n) is 7.44.